The van der Waals surface area contributed by atoms with Crippen LogP contribution in [0.2, 0.25) is 0 Å². The number of ether oxygens (including phenoxy) is 1. The minimum absolute atomic E-state index is 0.195. The molecular formula is C14H11N3O3. The van der Waals surface area contributed by atoms with E-state index >= 15 is 0 Å². The molecule has 0 unspecified atom stereocenters. The lowest BCUT2D eigenvalue weighted by Crippen LogP contribution is -2.05. The monoisotopic (exact) mass is 269 g/mol. The van der Waals surface area contributed by atoms with Crippen LogP contribution in [0.4, 0.5) is 0 Å². The van der Waals surface area contributed by atoms with E-state index in [1.54, 1.807) is 53.7 Å². The van der Waals surface area contributed by atoms with E-state index in [0.29, 0.717) is 5.56 Å². The minimum atomic E-state index is -0.378. The number of hydrogen-bond acceptors (Lipinski definition) is 5. The molecule has 0 fully saturated rings. The van der Waals surface area contributed by atoms with E-state index in [9.17, 15) is 4.79 Å². The lowest BCUT2D eigenvalue weighted by atomic mass is 10.2. The summed E-state index contributed by atoms with van der Waals surface area (Å²) < 4.78 is 11.7. The Kier molecular flexibility index (Phi) is 3.28. The van der Waals surface area contributed by atoms with Gasteiger partial charge in [0, 0.05) is 5.56 Å². The van der Waals surface area contributed by atoms with Gasteiger partial charge in [0.2, 0.25) is 0 Å². The van der Waals surface area contributed by atoms with E-state index in [1.807, 2.05) is 0 Å². The van der Waals surface area contributed by atoms with Crippen LogP contribution in [0.5, 0.6) is 0 Å². The van der Waals surface area contributed by atoms with E-state index in [0.717, 1.165) is 11.3 Å². The molecule has 0 atom stereocenters. The first-order valence-corrected chi connectivity index (χ1v) is 5.98. The van der Waals surface area contributed by atoms with Crippen LogP contribution in [0.1, 0.15) is 15.9 Å². The summed E-state index contributed by atoms with van der Waals surface area (Å²) in [6, 6.07) is 8.69. The number of nitrogens with zero attached hydrogens (tertiary/aromatic N) is 3. The van der Waals surface area contributed by atoms with Crippen LogP contribution >= 0.6 is 0 Å². The number of rotatable bonds is 4. The number of esters is 1. The summed E-state index contributed by atoms with van der Waals surface area (Å²) in [6.45, 7) is 0.195. The van der Waals surface area contributed by atoms with Gasteiger partial charge in [-0.05, 0) is 30.3 Å². The number of benzene rings is 1. The van der Waals surface area contributed by atoms with Crippen LogP contribution in [0.25, 0.3) is 5.69 Å². The zero-order chi connectivity index (χ0) is 13.8. The first kappa shape index (κ1) is 12.2. The van der Waals surface area contributed by atoms with Crippen molar-refractivity contribution in [2.45, 2.75) is 6.61 Å². The third-order valence-electron chi connectivity index (χ3n) is 2.74. The molecule has 100 valence electrons. The van der Waals surface area contributed by atoms with Gasteiger partial charge >= 0.3 is 5.97 Å². The van der Waals surface area contributed by atoms with Crippen molar-refractivity contribution < 1.29 is 13.9 Å². The van der Waals surface area contributed by atoms with Gasteiger partial charge in [0.15, 0.2) is 0 Å². The molecule has 3 aromatic rings. The fourth-order valence-corrected chi connectivity index (χ4v) is 1.70. The fraction of sp³-hybridized carbons (Fsp3) is 0.0714. The predicted octanol–water partition coefficient (Wildman–Crippen LogP) is 2.22. The Morgan fingerprint density at radius 3 is 2.75 bits per heavy atom. The first-order chi connectivity index (χ1) is 9.83. The van der Waals surface area contributed by atoms with Gasteiger partial charge < -0.3 is 9.15 Å². The number of hydrogen-bond donors (Lipinski definition) is 0. The van der Waals surface area contributed by atoms with E-state index in [4.69, 9.17) is 9.15 Å². The van der Waals surface area contributed by atoms with Crippen LogP contribution in [-0.2, 0) is 11.3 Å². The Labute approximate surface area is 114 Å². The van der Waals surface area contributed by atoms with Crippen LogP contribution in [0.15, 0.2) is 59.7 Å². The van der Waals surface area contributed by atoms with Gasteiger partial charge in [-0.15, -0.1) is 5.10 Å². The maximum atomic E-state index is 11.9. The molecule has 0 spiro atoms. The summed E-state index contributed by atoms with van der Waals surface area (Å²) in [6.07, 6.45) is 6.40. The second-order valence-electron chi connectivity index (χ2n) is 4.10. The fourth-order valence-electron chi connectivity index (χ4n) is 1.70. The molecule has 0 saturated heterocycles. The van der Waals surface area contributed by atoms with Gasteiger partial charge in [0.25, 0.3) is 0 Å². The molecule has 1 aromatic carbocycles. The van der Waals surface area contributed by atoms with Gasteiger partial charge in [-0.3, -0.25) is 0 Å². The van der Waals surface area contributed by atoms with Crippen LogP contribution < -0.4 is 0 Å². The second kappa shape index (κ2) is 5.40. The average Bonchev–Trinajstić information content (AvgIpc) is 3.18. The average molecular weight is 269 g/mol. The topological polar surface area (TPSA) is 70.2 Å². The number of aromatic nitrogens is 3. The Hall–Kier alpha value is -2.89. The lowest BCUT2D eigenvalue weighted by molar-refractivity contribution is 0.0472. The zero-order valence-electron chi connectivity index (χ0n) is 10.5. The summed E-state index contributed by atoms with van der Waals surface area (Å²) in [4.78, 5) is 11.9. The van der Waals surface area contributed by atoms with E-state index in [1.165, 1.54) is 6.26 Å². The predicted molar refractivity (Wildman–Crippen MR) is 69.2 cm³/mol. The minimum Gasteiger partial charge on any atom is -0.472 e. The van der Waals surface area contributed by atoms with Gasteiger partial charge in [0.05, 0.1) is 36.2 Å². The molecule has 3 rings (SSSR count). The second-order valence-corrected chi connectivity index (χ2v) is 4.10. The quantitative estimate of drug-likeness (QED) is 0.679. The maximum Gasteiger partial charge on any atom is 0.338 e. The lowest BCUT2D eigenvalue weighted by Gasteiger charge is -2.04. The molecule has 2 aromatic heterocycles. The Morgan fingerprint density at radius 1 is 1.25 bits per heavy atom. The third-order valence-corrected chi connectivity index (χ3v) is 2.74. The Balaban J connectivity index is 1.66. The SMILES string of the molecule is O=C(OCc1ccoc1)c1ccc(-n2ccnn2)cc1. The third kappa shape index (κ3) is 2.59. The number of carbonyl (C=O) groups excluding carboxylic acids is 1. The van der Waals surface area contributed by atoms with Crippen molar-refractivity contribution in [3.8, 4) is 5.69 Å². The van der Waals surface area contributed by atoms with E-state index in [-0.39, 0.29) is 12.6 Å². The number of carbonyl (C=O) groups is 1. The highest BCUT2D eigenvalue weighted by Gasteiger charge is 2.08. The molecule has 0 saturated carbocycles. The molecule has 6 nitrogen and oxygen atoms in total. The standard InChI is InChI=1S/C14H11N3O3/c18-14(20-10-11-5-8-19-9-11)12-1-3-13(4-2-12)17-7-6-15-16-17/h1-9H,10H2. The van der Waals surface area contributed by atoms with Crippen LogP contribution in [0.3, 0.4) is 0 Å². The highest BCUT2D eigenvalue weighted by atomic mass is 16.5. The van der Waals surface area contributed by atoms with Gasteiger partial charge in [-0.2, -0.15) is 0 Å². The molecule has 0 aliphatic carbocycles. The molecule has 20 heavy (non-hydrogen) atoms. The highest BCUT2D eigenvalue weighted by Crippen LogP contribution is 2.10. The van der Waals surface area contributed by atoms with Crippen LogP contribution in [0, 0.1) is 0 Å². The normalized spacial score (nSPS) is 10.4. The zero-order valence-corrected chi connectivity index (χ0v) is 10.5. The molecule has 0 N–H and O–H groups in total. The summed E-state index contributed by atoms with van der Waals surface area (Å²) in [5.41, 5.74) is 2.13. The van der Waals surface area contributed by atoms with Crippen molar-refractivity contribution in [2.24, 2.45) is 0 Å². The maximum absolute atomic E-state index is 11.9. The van der Waals surface area contributed by atoms with Gasteiger partial charge in [-0.25, -0.2) is 9.48 Å². The summed E-state index contributed by atoms with van der Waals surface area (Å²) in [5, 5.41) is 7.60. The molecule has 6 heteroatoms. The van der Waals surface area contributed by atoms with Crippen molar-refractivity contribution in [3.63, 3.8) is 0 Å². The molecule has 0 aliphatic rings. The first-order valence-electron chi connectivity index (χ1n) is 5.98. The van der Waals surface area contributed by atoms with Gasteiger partial charge in [-0.1, -0.05) is 5.21 Å². The largest absolute Gasteiger partial charge is 0.472 e. The summed E-state index contributed by atoms with van der Waals surface area (Å²) in [7, 11) is 0. The highest BCUT2D eigenvalue weighted by molar-refractivity contribution is 5.89. The Bertz CT molecular complexity index is 673. The number of furan rings is 1. The molecule has 0 bridgehead atoms. The van der Waals surface area contributed by atoms with Crippen molar-refractivity contribution in [1.29, 1.82) is 0 Å². The summed E-state index contributed by atoms with van der Waals surface area (Å²) >= 11 is 0. The van der Waals surface area contributed by atoms with Crippen LogP contribution in [-0.4, -0.2) is 21.0 Å². The molecule has 2 heterocycles. The van der Waals surface area contributed by atoms with Crippen molar-refractivity contribution in [2.75, 3.05) is 0 Å². The smallest absolute Gasteiger partial charge is 0.338 e. The molecule has 0 aliphatic heterocycles. The molecule has 0 amide bonds. The van der Waals surface area contributed by atoms with E-state index in [2.05, 4.69) is 10.3 Å². The Morgan fingerprint density at radius 2 is 2.10 bits per heavy atom. The van der Waals surface area contributed by atoms with Crippen molar-refractivity contribution >= 4 is 5.97 Å². The molecule has 0 radical (unpaired) electrons. The van der Waals surface area contributed by atoms with Crippen molar-refractivity contribution in [3.05, 3.63) is 66.4 Å². The van der Waals surface area contributed by atoms with Gasteiger partial charge in [0.1, 0.15) is 6.61 Å². The van der Waals surface area contributed by atoms with E-state index < -0.39 is 0 Å². The van der Waals surface area contributed by atoms with Crippen molar-refractivity contribution in [1.82, 2.24) is 15.0 Å². The molecular weight excluding hydrogens is 258 g/mol. The summed E-state index contributed by atoms with van der Waals surface area (Å²) in [5.74, 6) is -0.378.